The molecule has 1 saturated carbocycles. The molecule has 4 rings (SSSR count). The number of benzene rings is 1. The molecule has 1 aromatic heterocycles. The normalized spacial score (nSPS) is 17.2. The van der Waals surface area contributed by atoms with Crippen molar-refractivity contribution >= 4 is 35.1 Å². The number of rotatable bonds is 7. The molecule has 1 aliphatic heterocycles. The average molecular weight is 471 g/mol. The van der Waals surface area contributed by atoms with E-state index in [1.807, 2.05) is 12.1 Å². The molecular formula is C24H27ClN4O4. The molecule has 0 spiro atoms. The van der Waals surface area contributed by atoms with Gasteiger partial charge in [0, 0.05) is 25.8 Å². The van der Waals surface area contributed by atoms with E-state index >= 15 is 0 Å². The molecule has 1 aliphatic carbocycles. The Morgan fingerprint density at radius 1 is 1.15 bits per heavy atom. The number of esters is 1. The van der Waals surface area contributed by atoms with Crippen molar-refractivity contribution in [1.29, 1.82) is 0 Å². The summed E-state index contributed by atoms with van der Waals surface area (Å²) >= 11 is 6.25. The number of halogens is 1. The minimum absolute atomic E-state index is 0.142. The largest absolute Gasteiger partial charge is 0.465 e. The highest BCUT2D eigenvalue weighted by Gasteiger charge is 2.51. The van der Waals surface area contributed by atoms with E-state index in [0.29, 0.717) is 41.6 Å². The van der Waals surface area contributed by atoms with Gasteiger partial charge in [-0.2, -0.15) is 0 Å². The summed E-state index contributed by atoms with van der Waals surface area (Å²) in [5.41, 5.74) is 0.626. The van der Waals surface area contributed by atoms with Crippen molar-refractivity contribution in [3.8, 4) is 0 Å². The number of anilines is 1. The Bertz CT molecular complexity index is 1030. The lowest BCUT2D eigenvalue weighted by Crippen LogP contribution is -2.50. The number of pyridine rings is 1. The van der Waals surface area contributed by atoms with Crippen molar-refractivity contribution in [3.05, 3.63) is 58.9 Å². The van der Waals surface area contributed by atoms with Gasteiger partial charge in [0.05, 0.1) is 17.8 Å². The van der Waals surface area contributed by atoms with Gasteiger partial charge in [-0.15, -0.1) is 0 Å². The Hall–Kier alpha value is -3.13. The number of piperidine rings is 1. The molecule has 1 aromatic carbocycles. The van der Waals surface area contributed by atoms with E-state index in [2.05, 4.69) is 20.5 Å². The maximum absolute atomic E-state index is 12.8. The maximum atomic E-state index is 12.8. The molecule has 2 aromatic rings. The van der Waals surface area contributed by atoms with Gasteiger partial charge in [-0.3, -0.25) is 14.6 Å². The van der Waals surface area contributed by atoms with Crippen LogP contribution in [0.5, 0.6) is 0 Å². The van der Waals surface area contributed by atoms with Crippen LogP contribution < -0.4 is 15.5 Å². The van der Waals surface area contributed by atoms with Gasteiger partial charge >= 0.3 is 5.97 Å². The minimum atomic E-state index is -0.828. The first-order valence-corrected chi connectivity index (χ1v) is 11.4. The number of carbonyl (C=O) groups is 3. The number of nitrogens with one attached hydrogen (secondary N) is 2. The highest BCUT2D eigenvalue weighted by molar-refractivity contribution is 6.34. The molecule has 1 saturated heterocycles. The maximum Gasteiger partial charge on any atom is 0.341 e. The summed E-state index contributed by atoms with van der Waals surface area (Å²) in [6.07, 6.45) is 4.53. The van der Waals surface area contributed by atoms with Gasteiger partial charge in [0.15, 0.2) is 0 Å². The lowest BCUT2D eigenvalue weighted by Gasteiger charge is -2.35. The van der Waals surface area contributed by atoms with Crippen LogP contribution in [-0.4, -0.2) is 55.1 Å². The molecule has 2 amide bonds. The highest BCUT2D eigenvalue weighted by Crippen LogP contribution is 2.36. The van der Waals surface area contributed by atoms with E-state index in [4.69, 9.17) is 16.3 Å². The van der Waals surface area contributed by atoms with Crippen LogP contribution in [0.4, 0.5) is 5.69 Å². The molecule has 0 radical (unpaired) electrons. The van der Waals surface area contributed by atoms with Gasteiger partial charge < -0.3 is 20.3 Å². The number of carbonyl (C=O) groups excluding carboxylic acids is 3. The SMILES string of the molecule is COC(=O)c1c(Cl)cccc1N1CCC(CNC(=O)C2(NC(=O)c3ccccn3)CC2)CC1. The summed E-state index contributed by atoms with van der Waals surface area (Å²) in [4.78, 5) is 43.6. The van der Waals surface area contributed by atoms with E-state index < -0.39 is 11.5 Å². The summed E-state index contributed by atoms with van der Waals surface area (Å²) < 4.78 is 4.90. The van der Waals surface area contributed by atoms with Crippen LogP contribution in [0, 0.1) is 5.92 Å². The Balaban J connectivity index is 1.29. The zero-order valence-corrected chi connectivity index (χ0v) is 19.2. The molecule has 8 nitrogen and oxygen atoms in total. The summed E-state index contributed by atoms with van der Waals surface area (Å²) in [5.74, 6) is -0.614. The Labute approximate surface area is 197 Å². The molecule has 2 N–H and O–H groups in total. The van der Waals surface area contributed by atoms with E-state index in [1.54, 1.807) is 30.5 Å². The predicted molar refractivity (Wildman–Crippen MR) is 124 cm³/mol. The van der Waals surface area contributed by atoms with E-state index in [0.717, 1.165) is 31.6 Å². The quantitative estimate of drug-likeness (QED) is 0.603. The Morgan fingerprint density at radius 3 is 2.55 bits per heavy atom. The summed E-state index contributed by atoms with van der Waals surface area (Å²) in [6, 6.07) is 10.5. The number of nitrogens with zero attached hydrogens (tertiary/aromatic N) is 2. The lowest BCUT2D eigenvalue weighted by atomic mass is 9.95. The molecule has 0 unspecified atom stereocenters. The van der Waals surface area contributed by atoms with Crippen LogP contribution in [0.2, 0.25) is 5.02 Å². The standard InChI is InChI=1S/C24H27ClN4O4/c1-33-22(31)20-17(25)5-4-7-19(20)29-13-8-16(9-14-29)15-27-23(32)24(10-11-24)28-21(30)18-6-2-3-12-26-18/h2-7,12,16H,8-11,13-15H2,1H3,(H,27,32)(H,28,30). The van der Waals surface area contributed by atoms with Crippen molar-refractivity contribution < 1.29 is 19.1 Å². The first kappa shape index (κ1) is 23.0. The van der Waals surface area contributed by atoms with Crippen LogP contribution >= 0.6 is 11.6 Å². The van der Waals surface area contributed by atoms with Gasteiger partial charge in [-0.25, -0.2) is 4.79 Å². The average Bonchev–Trinajstić information content (AvgIpc) is 3.63. The van der Waals surface area contributed by atoms with Gasteiger partial charge in [0.25, 0.3) is 5.91 Å². The number of hydrogen-bond donors (Lipinski definition) is 2. The third-order valence-corrected chi connectivity index (χ3v) is 6.64. The molecule has 9 heteroatoms. The molecule has 0 bridgehead atoms. The van der Waals surface area contributed by atoms with Crippen molar-refractivity contribution in [1.82, 2.24) is 15.6 Å². The summed E-state index contributed by atoms with van der Waals surface area (Å²) in [5, 5.41) is 6.25. The zero-order valence-electron chi connectivity index (χ0n) is 18.5. The minimum Gasteiger partial charge on any atom is -0.465 e. The van der Waals surface area contributed by atoms with Crippen LogP contribution in [0.1, 0.15) is 46.5 Å². The van der Waals surface area contributed by atoms with Crippen molar-refractivity contribution in [2.75, 3.05) is 31.6 Å². The molecule has 2 fully saturated rings. The van der Waals surface area contributed by atoms with Crippen LogP contribution in [0.15, 0.2) is 42.6 Å². The monoisotopic (exact) mass is 470 g/mol. The number of ether oxygens (including phenoxy) is 1. The summed E-state index contributed by atoms with van der Waals surface area (Å²) in [7, 11) is 1.34. The van der Waals surface area contributed by atoms with Crippen molar-refractivity contribution in [2.45, 2.75) is 31.2 Å². The number of hydrogen-bond acceptors (Lipinski definition) is 6. The van der Waals surface area contributed by atoms with Crippen molar-refractivity contribution in [2.24, 2.45) is 5.92 Å². The molecule has 0 atom stereocenters. The van der Waals surface area contributed by atoms with Crippen molar-refractivity contribution in [3.63, 3.8) is 0 Å². The summed E-state index contributed by atoms with van der Waals surface area (Å²) in [6.45, 7) is 2.03. The second-order valence-corrected chi connectivity index (χ2v) is 8.92. The molecular weight excluding hydrogens is 444 g/mol. The fourth-order valence-corrected chi connectivity index (χ4v) is 4.42. The predicted octanol–water partition coefficient (Wildman–Crippen LogP) is 2.82. The van der Waals surface area contributed by atoms with Gasteiger partial charge in [-0.1, -0.05) is 23.7 Å². The Kier molecular flexibility index (Phi) is 6.83. The molecule has 2 aliphatic rings. The van der Waals surface area contributed by atoms with Gasteiger partial charge in [-0.05, 0) is 55.9 Å². The highest BCUT2D eigenvalue weighted by atomic mass is 35.5. The second-order valence-electron chi connectivity index (χ2n) is 8.52. The van der Waals surface area contributed by atoms with E-state index in [9.17, 15) is 14.4 Å². The Morgan fingerprint density at radius 2 is 1.91 bits per heavy atom. The third kappa shape index (κ3) is 5.11. The third-order valence-electron chi connectivity index (χ3n) is 6.32. The molecule has 174 valence electrons. The van der Waals surface area contributed by atoms with Crippen LogP contribution in [0.3, 0.4) is 0 Å². The zero-order chi connectivity index (χ0) is 23.4. The van der Waals surface area contributed by atoms with Gasteiger partial charge in [0.2, 0.25) is 5.91 Å². The van der Waals surface area contributed by atoms with Crippen LogP contribution in [-0.2, 0) is 9.53 Å². The number of methoxy groups -OCH3 is 1. The smallest absolute Gasteiger partial charge is 0.341 e. The first-order chi connectivity index (χ1) is 15.9. The first-order valence-electron chi connectivity index (χ1n) is 11.1. The second kappa shape index (κ2) is 9.79. The number of aromatic nitrogens is 1. The molecule has 2 heterocycles. The lowest BCUT2D eigenvalue weighted by molar-refractivity contribution is -0.124. The van der Waals surface area contributed by atoms with Gasteiger partial charge in [0.1, 0.15) is 16.8 Å². The van der Waals surface area contributed by atoms with Crippen LogP contribution in [0.25, 0.3) is 0 Å². The fourth-order valence-electron chi connectivity index (χ4n) is 4.18. The molecule has 33 heavy (non-hydrogen) atoms. The van der Waals surface area contributed by atoms with E-state index in [-0.39, 0.29) is 11.8 Å². The topological polar surface area (TPSA) is 101 Å². The van der Waals surface area contributed by atoms with E-state index in [1.165, 1.54) is 7.11 Å². The fraction of sp³-hybridized carbons (Fsp3) is 0.417. The number of amides is 2.